The lowest BCUT2D eigenvalue weighted by Gasteiger charge is -2.30. The second-order valence-electron chi connectivity index (χ2n) is 6.35. The molecule has 0 saturated carbocycles. The van der Waals surface area contributed by atoms with E-state index in [0.29, 0.717) is 10.7 Å². The van der Waals surface area contributed by atoms with Crippen molar-refractivity contribution in [2.24, 2.45) is 5.92 Å². The Morgan fingerprint density at radius 2 is 2.29 bits per heavy atom. The Morgan fingerprint density at radius 1 is 1.46 bits per heavy atom. The predicted octanol–water partition coefficient (Wildman–Crippen LogP) is 2.88. The maximum Gasteiger partial charge on any atom is 0.337 e. The zero-order chi connectivity index (χ0) is 17.4. The Morgan fingerprint density at radius 3 is 3.04 bits per heavy atom. The predicted molar refractivity (Wildman–Crippen MR) is 101 cm³/mol. The Hall–Kier alpha value is -1.66. The fourth-order valence-electron chi connectivity index (χ4n) is 3.01. The van der Waals surface area contributed by atoms with Crippen LogP contribution in [0.3, 0.4) is 0 Å². The lowest BCUT2D eigenvalue weighted by atomic mass is 10.0. The monoisotopic (exact) mass is 349 g/mol. The van der Waals surface area contributed by atoms with Gasteiger partial charge in [-0.25, -0.2) is 4.79 Å². The van der Waals surface area contributed by atoms with E-state index in [9.17, 15) is 4.79 Å². The van der Waals surface area contributed by atoms with Gasteiger partial charge in [-0.15, -0.1) is 0 Å². The molecule has 1 aromatic carbocycles. The summed E-state index contributed by atoms with van der Waals surface area (Å²) in [6, 6.07) is 7.12. The summed E-state index contributed by atoms with van der Waals surface area (Å²) in [5, 5.41) is 6.90. The number of hydrogen-bond acceptors (Lipinski definition) is 4. The summed E-state index contributed by atoms with van der Waals surface area (Å²) in [5.74, 6) is 0.463. The number of carbonyl (C=O) groups is 1. The first-order valence-electron chi connectivity index (χ1n) is 8.54. The summed E-state index contributed by atoms with van der Waals surface area (Å²) >= 11 is 5.31. The van der Waals surface area contributed by atoms with Crippen LogP contribution in [0, 0.1) is 5.92 Å². The molecule has 2 rings (SSSR count). The molecule has 0 amide bonds. The van der Waals surface area contributed by atoms with Gasteiger partial charge in [0.05, 0.1) is 12.7 Å². The van der Waals surface area contributed by atoms with Crippen LogP contribution in [0.5, 0.6) is 0 Å². The van der Waals surface area contributed by atoms with Crippen molar-refractivity contribution < 1.29 is 9.53 Å². The first-order chi connectivity index (χ1) is 11.6. The lowest BCUT2D eigenvalue weighted by Crippen LogP contribution is -2.37. The molecule has 2 N–H and O–H groups in total. The molecule has 6 heteroatoms. The van der Waals surface area contributed by atoms with Crippen LogP contribution in [0.1, 0.15) is 36.5 Å². The Balaban J connectivity index is 1.69. The number of ether oxygens (including phenoxy) is 1. The van der Waals surface area contributed by atoms with Crippen LogP contribution in [0.2, 0.25) is 0 Å². The number of piperidine rings is 1. The van der Waals surface area contributed by atoms with Crippen LogP contribution in [0.15, 0.2) is 24.3 Å². The molecular weight excluding hydrogens is 322 g/mol. The van der Waals surface area contributed by atoms with E-state index in [1.54, 1.807) is 18.2 Å². The van der Waals surface area contributed by atoms with Crippen LogP contribution < -0.4 is 10.6 Å². The molecule has 0 bridgehead atoms. The number of nitrogens with one attached hydrogen (secondary N) is 2. The zero-order valence-electron chi connectivity index (χ0n) is 14.5. The Kier molecular flexibility index (Phi) is 7.46. The highest BCUT2D eigenvalue weighted by Gasteiger charge is 2.15. The third kappa shape index (κ3) is 6.09. The SMILES string of the molecule is COC(=O)c1cccc(NC(=S)NCCCN2CCCC(C)C2)c1. The van der Waals surface area contributed by atoms with E-state index in [4.69, 9.17) is 17.0 Å². The minimum Gasteiger partial charge on any atom is -0.465 e. The van der Waals surface area contributed by atoms with E-state index < -0.39 is 0 Å². The van der Waals surface area contributed by atoms with E-state index in [1.165, 1.54) is 33.0 Å². The van der Waals surface area contributed by atoms with Crippen LogP contribution in [0.25, 0.3) is 0 Å². The van der Waals surface area contributed by atoms with Gasteiger partial charge in [0, 0.05) is 18.8 Å². The lowest BCUT2D eigenvalue weighted by molar-refractivity contribution is 0.0601. The molecule has 0 aliphatic carbocycles. The number of nitrogens with zero attached hydrogens (tertiary/aromatic N) is 1. The van der Waals surface area contributed by atoms with Gasteiger partial charge in [0.2, 0.25) is 0 Å². The van der Waals surface area contributed by atoms with Crippen molar-refractivity contribution in [3.05, 3.63) is 29.8 Å². The quantitative estimate of drug-likeness (QED) is 0.468. The number of anilines is 1. The van der Waals surface area contributed by atoms with Gasteiger partial charge in [0.15, 0.2) is 5.11 Å². The fraction of sp³-hybridized carbons (Fsp3) is 0.556. The third-order valence-corrected chi connectivity index (χ3v) is 4.47. The van der Waals surface area contributed by atoms with E-state index >= 15 is 0 Å². The summed E-state index contributed by atoms with van der Waals surface area (Å²) in [6.07, 6.45) is 3.73. The summed E-state index contributed by atoms with van der Waals surface area (Å²) in [4.78, 5) is 14.1. The summed E-state index contributed by atoms with van der Waals surface area (Å²) in [6.45, 7) is 6.70. The average Bonchev–Trinajstić information content (AvgIpc) is 2.58. The normalized spacial score (nSPS) is 18.0. The number of esters is 1. The van der Waals surface area contributed by atoms with Gasteiger partial charge < -0.3 is 20.3 Å². The van der Waals surface area contributed by atoms with Gasteiger partial charge in [-0.05, 0) is 68.7 Å². The molecule has 0 radical (unpaired) electrons. The molecule has 1 aliphatic heterocycles. The van der Waals surface area contributed by atoms with E-state index in [0.717, 1.165) is 31.1 Å². The maximum atomic E-state index is 11.5. The molecule has 1 unspecified atom stereocenters. The van der Waals surface area contributed by atoms with Gasteiger partial charge in [-0.2, -0.15) is 0 Å². The number of thiocarbonyl (C=S) groups is 1. The van der Waals surface area contributed by atoms with Gasteiger partial charge in [-0.1, -0.05) is 13.0 Å². The van der Waals surface area contributed by atoms with Crippen molar-refractivity contribution in [2.75, 3.05) is 38.6 Å². The molecular formula is C18H27N3O2S. The molecule has 1 aromatic rings. The maximum absolute atomic E-state index is 11.5. The van der Waals surface area contributed by atoms with Crippen molar-refractivity contribution in [3.63, 3.8) is 0 Å². The number of hydrogen-bond donors (Lipinski definition) is 2. The van der Waals surface area contributed by atoms with Crippen LogP contribution in [0.4, 0.5) is 5.69 Å². The van der Waals surface area contributed by atoms with Crippen molar-refractivity contribution in [2.45, 2.75) is 26.2 Å². The number of benzene rings is 1. The second-order valence-corrected chi connectivity index (χ2v) is 6.76. The highest BCUT2D eigenvalue weighted by atomic mass is 32.1. The minimum atomic E-state index is -0.353. The topological polar surface area (TPSA) is 53.6 Å². The molecule has 24 heavy (non-hydrogen) atoms. The minimum absolute atomic E-state index is 0.353. The Labute approximate surface area is 149 Å². The molecule has 1 heterocycles. The molecule has 0 spiro atoms. The van der Waals surface area contributed by atoms with Gasteiger partial charge >= 0.3 is 5.97 Å². The highest BCUT2D eigenvalue weighted by molar-refractivity contribution is 7.80. The average molecular weight is 350 g/mol. The van der Waals surface area contributed by atoms with E-state index in [1.807, 2.05) is 6.07 Å². The molecule has 1 atom stereocenters. The van der Waals surface area contributed by atoms with Gasteiger partial charge in [-0.3, -0.25) is 0 Å². The summed E-state index contributed by atoms with van der Waals surface area (Å²) < 4.78 is 4.72. The smallest absolute Gasteiger partial charge is 0.337 e. The largest absolute Gasteiger partial charge is 0.465 e. The van der Waals surface area contributed by atoms with Crippen molar-refractivity contribution in [3.8, 4) is 0 Å². The van der Waals surface area contributed by atoms with Crippen molar-refractivity contribution >= 4 is 29.0 Å². The first kappa shape index (κ1) is 18.7. The number of rotatable bonds is 6. The molecule has 0 aromatic heterocycles. The molecule has 132 valence electrons. The summed E-state index contributed by atoms with van der Waals surface area (Å²) in [5.41, 5.74) is 1.28. The third-order valence-electron chi connectivity index (χ3n) is 4.22. The molecule has 1 aliphatic rings. The molecule has 5 nitrogen and oxygen atoms in total. The standard InChI is InChI=1S/C18H27N3O2S/c1-14-6-4-10-21(13-14)11-5-9-19-18(24)20-16-8-3-7-15(12-16)17(22)23-2/h3,7-8,12,14H,4-6,9-11,13H2,1-2H3,(H2,19,20,24). The van der Waals surface area contributed by atoms with Crippen LogP contribution in [-0.2, 0) is 4.74 Å². The van der Waals surface area contributed by atoms with Gasteiger partial charge in [0.25, 0.3) is 0 Å². The van der Waals surface area contributed by atoms with Crippen molar-refractivity contribution in [1.82, 2.24) is 10.2 Å². The Bertz CT molecular complexity index is 565. The van der Waals surface area contributed by atoms with E-state index in [2.05, 4.69) is 22.5 Å². The van der Waals surface area contributed by atoms with Crippen LogP contribution >= 0.6 is 12.2 Å². The molecule has 1 fully saturated rings. The first-order valence-corrected chi connectivity index (χ1v) is 8.95. The fourth-order valence-corrected chi connectivity index (χ4v) is 3.23. The van der Waals surface area contributed by atoms with Crippen LogP contribution in [-0.4, -0.2) is 49.3 Å². The number of carbonyl (C=O) groups excluding carboxylic acids is 1. The van der Waals surface area contributed by atoms with E-state index in [-0.39, 0.29) is 5.97 Å². The number of methoxy groups -OCH3 is 1. The number of likely N-dealkylation sites (tertiary alicyclic amines) is 1. The molecule has 1 saturated heterocycles. The van der Waals surface area contributed by atoms with Crippen molar-refractivity contribution in [1.29, 1.82) is 0 Å². The van der Waals surface area contributed by atoms with Gasteiger partial charge in [0.1, 0.15) is 0 Å². The second kappa shape index (κ2) is 9.59. The highest BCUT2D eigenvalue weighted by Crippen LogP contribution is 2.15. The zero-order valence-corrected chi connectivity index (χ0v) is 15.3. The summed E-state index contributed by atoms with van der Waals surface area (Å²) in [7, 11) is 1.37.